The van der Waals surface area contributed by atoms with Gasteiger partial charge in [0, 0.05) is 12.1 Å². The van der Waals surface area contributed by atoms with Gasteiger partial charge in [0.2, 0.25) is 0 Å². The first-order chi connectivity index (χ1) is 5.69. The molecule has 0 atom stereocenters. The van der Waals surface area contributed by atoms with Crippen molar-refractivity contribution in [2.45, 2.75) is 6.54 Å². The minimum atomic E-state index is -0.253. The second-order valence-electron chi connectivity index (χ2n) is 2.28. The molecule has 0 aliphatic rings. The SMILES string of the molecule is COc1cc(I)c(F)cc1CN. The zero-order valence-corrected chi connectivity index (χ0v) is 8.76. The highest BCUT2D eigenvalue weighted by molar-refractivity contribution is 14.1. The van der Waals surface area contributed by atoms with Crippen LogP contribution in [-0.4, -0.2) is 7.11 Å². The van der Waals surface area contributed by atoms with Crippen molar-refractivity contribution >= 4 is 22.6 Å². The third-order valence-electron chi connectivity index (χ3n) is 1.54. The van der Waals surface area contributed by atoms with Gasteiger partial charge in [0.1, 0.15) is 11.6 Å². The van der Waals surface area contributed by atoms with Crippen LogP contribution in [0.2, 0.25) is 0 Å². The standard InChI is InChI=1S/C8H9FINO/c1-12-8-3-7(10)6(9)2-5(8)4-11/h2-3H,4,11H2,1H3. The summed E-state index contributed by atoms with van der Waals surface area (Å²) in [7, 11) is 1.54. The van der Waals surface area contributed by atoms with Gasteiger partial charge in [0.25, 0.3) is 0 Å². The van der Waals surface area contributed by atoms with Crippen LogP contribution in [0.4, 0.5) is 4.39 Å². The molecule has 0 aliphatic heterocycles. The first kappa shape index (κ1) is 9.73. The van der Waals surface area contributed by atoms with Crippen molar-refractivity contribution in [1.82, 2.24) is 0 Å². The molecule has 2 N–H and O–H groups in total. The van der Waals surface area contributed by atoms with Gasteiger partial charge in [-0.2, -0.15) is 0 Å². The van der Waals surface area contributed by atoms with Crippen LogP contribution >= 0.6 is 22.6 Å². The zero-order chi connectivity index (χ0) is 9.14. The van der Waals surface area contributed by atoms with Gasteiger partial charge < -0.3 is 10.5 Å². The summed E-state index contributed by atoms with van der Waals surface area (Å²) in [4.78, 5) is 0. The predicted molar refractivity (Wildman–Crippen MR) is 53.6 cm³/mol. The van der Waals surface area contributed by atoms with Crippen LogP contribution in [0.15, 0.2) is 12.1 Å². The molecule has 1 aromatic rings. The summed E-state index contributed by atoms with van der Waals surface area (Å²) >= 11 is 1.91. The summed E-state index contributed by atoms with van der Waals surface area (Å²) < 4.78 is 18.5. The van der Waals surface area contributed by atoms with Crippen molar-refractivity contribution in [2.24, 2.45) is 5.73 Å². The Hall–Kier alpha value is -0.360. The molecule has 66 valence electrons. The molecular weight excluding hydrogens is 272 g/mol. The van der Waals surface area contributed by atoms with Crippen LogP contribution in [0.25, 0.3) is 0 Å². The second kappa shape index (κ2) is 4.04. The van der Waals surface area contributed by atoms with Gasteiger partial charge >= 0.3 is 0 Å². The molecule has 1 aromatic carbocycles. The first-order valence-electron chi connectivity index (χ1n) is 3.41. The van der Waals surface area contributed by atoms with E-state index in [2.05, 4.69) is 0 Å². The fourth-order valence-electron chi connectivity index (χ4n) is 0.919. The number of benzene rings is 1. The number of nitrogens with two attached hydrogens (primary N) is 1. The quantitative estimate of drug-likeness (QED) is 0.840. The van der Waals surface area contributed by atoms with Gasteiger partial charge in [-0.3, -0.25) is 0 Å². The van der Waals surface area contributed by atoms with Crippen molar-refractivity contribution < 1.29 is 9.13 Å². The van der Waals surface area contributed by atoms with Gasteiger partial charge in [-0.15, -0.1) is 0 Å². The molecule has 0 aromatic heterocycles. The lowest BCUT2D eigenvalue weighted by Gasteiger charge is -2.07. The fraction of sp³-hybridized carbons (Fsp3) is 0.250. The summed E-state index contributed by atoms with van der Waals surface area (Å²) in [5.74, 6) is 0.389. The average Bonchev–Trinajstić information content (AvgIpc) is 2.09. The maximum Gasteiger partial charge on any atom is 0.137 e. The molecule has 0 amide bonds. The van der Waals surface area contributed by atoms with Crippen molar-refractivity contribution in [3.63, 3.8) is 0 Å². The molecule has 12 heavy (non-hydrogen) atoms. The van der Waals surface area contributed by atoms with Crippen molar-refractivity contribution in [1.29, 1.82) is 0 Å². The maximum atomic E-state index is 13.0. The lowest BCUT2D eigenvalue weighted by atomic mass is 10.2. The Morgan fingerprint density at radius 3 is 2.75 bits per heavy atom. The molecule has 0 spiro atoms. The molecule has 0 bridgehead atoms. The summed E-state index contributed by atoms with van der Waals surface area (Å²) in [5, 5.41) is 0. The van der Waals surface area contributed by atoms with Gasteiger partial charge in [0.15, 0.2) is 0 Å². The Bertz CT molecular complexity index is 262. The molecule has 0 fully saturated rings. The molecule has 0 saturated carbocycles. The lowest BCUT2D eigenvalue weighted by Crippen LogP contribution is -2.01. The van der Waals surface area contributed by atoms with Crippen molar-refractivity contribution in [3.05, 3.63) is 27.1 Å². The molecule has 0 unspecified atom stereocenters. The summed E-state index contributed by atoms with van der Waals surface area (Å²) in [6.07, 6.45) is 0. The van der Waals surface area contributed by atoms with E-state index in [0.717, 1.165) is 0 Å². The average molecular weight is 281 g/mol. The first-order valence-corrected chi connectivity index (χ1v) is 4.49. The largest absolute Gasteiger partial charge is 0.496 e. The van der Waals surface area contributed by atoms with E-state index in [0.29, 0.717) is 14.9 Å². The van der Waals surface area contributed by atoms with Crippen LogP contribution in [-0.2, 0) is 6.54 Å². The Morgan fingerprint density at radius 2 is 2.25 bits per heavy atom. The van der Waals surface area contributed by atoms with Crippen LogP contribution in [0.1, 0.15) is 5.56 Å². The monoisotopic (exact) mass is 281 g/mol. The molecule has 0 aliphatic carbocycles. The predicted octanol–water partition coefficient (Wildman–Crippen LogP) is 1.90. The molecule has 2 nitrogen and oxygen atoms in total. The third kappa shape index (κ3) is 1.87. The van der Waals surface area contributed by atoms with Gasteiger partial charge in [-0.05, 0) is 34.7 Å². The minimum absolute atomic E-state index is 0.253. The molecule has 1 rings (SSSR count). The minimum Gasteiger partial charge on any atom is -0.496 e. The maximum absolute atomic E-state index is 13.0. The van der Waals surface area contributed by atoms with Crippen LogP contribution in [0.5, 0.6) is 5.75 Å². The number of halogens is 2. The highest BCUT2D eigenvalue weighted by Crippen LogP contribution is 2.23. The Kier molecular flexibility index (Phi) is 3.28. The van der Waals surface area contributed by atoms with Crippen molar-refractivity contribution in [3.8, 4) is 5.75 Å². The topological polar surface area (TPSA) is 35.2 Å². The summed E-state index contributed by atoms with van der Waals surface area (Å²) in [6, 6.07) is 3.04. The smallest absolute Gasteiger partial charge is 0.137 e. The van der Waals surface area contributed by atoms with E-state index in [-0.39, 0.29) is 12.4 Å². The van der Waals surface area contributed by atoms with E-state index in [9.17, 15) is 4.39 Å². The van der Waals surface area contributed by atoms with E-state index in [1.807, 2.05) is 22.6 Å². The van der Waals surface area contributed by atoms with Gasteiger partial charge in [-0.25, -0.2) is 4.39 Å². The molecule has 0 heterocycles. The lowest BCUT2D eigenvalue weighted by molar-refractivity contribution is 0.408. The van der Waals surface area contributed by atoms with Crippen LogP contribution in [0, 0.1) is 9.39 Å². The zero-order valence-electron chi connectivity index (χ0n) is 6.60. The van der Waals surface area contributed by atoms with Gasteiger partial charge in [-0.1, -0.05) is 0 Å². The van der Waals surface area contributed by atoms with E-state index >= 15 is 0 Å². The highest BCUT2D eigenvalue weighted by Gasteiger charge is 2.06. The molecule has 0 radical (unpaired) electrons. The van der Waals surface area contributed by atoms with E-state index < -0.39 is 0 Å². The Balaban J connectivity index is 3.19. The molecule has 4 heteroatoms. The van der Waals surface area contributed by atoms with Crippen molar-refractivity contribution in [2.75, 3.05) is 7.11 Å². The number of rotatable bonds is 2. The normalized spacial score (nSPS) is 10.0. The number of methoxy groups -OCH3 is 1. The summed E-state index contributed by atoms with van der Waals surface area (Å²) in [5.41, 5.74) is 6.09. The fourth-order valence-corrected chi connectivity index (χ4v) is 1.36. The number of hydrogen-bond acceptors (Lipinski definition) is 2. The second-order valence-corrected chi connectivity index (χ2v) is 3.44. The number of hydrogen-bond donors (Lipinski definition) is 1. The molecule has 0 saturated heterocycles. The third-order valence-corrected chi connectivity index (χ3v) is 2.37. The summed E-state index contributed by atoms with van der Waals surface area (Å²) in [6.45, 7) is 0.289. The van der Waals surface area contributed by atoms with Crippen LogP contribution < -0.4 is 10.5 Å². The van der Waals surface area contributed by atoms with Gasteiger partial charge in [0.05, 0.1) is 10.7 Å². The highest BCUT2D eigenvalue weighted by atomic mass is 127. The van der Waals surface area contributed by atoms with E-state index in [4.69, 9.17) is 10.5 Å². The van der Waals surface area contributed by atoms with E-state index in [1.54, 1.807) is 13.2 Å². The number of ether oxygens (including phenoxy) is 1. The molecular formula is C8H9FINO. The van der Waals surface area contributed by atoms with Crippen LogP contribution in [0.3, 0.4) is 0 Å². The Labute approximate surface area is 84.0 Å². The van der Waals surface area contributed by atoms with E-state index in [1.165, 1.54) is 6.07 Å². The Morgan fingerprint density at radius 1 is 1.58 bits per heavy atom.